The first kappa shape index (κ1) is 13.1. The highest BCUT2D eigenvalue weighted by Gasteiger charge is 2.18. The van der Waals surface area contributed by atoms with Crippen molar-refractivity contribution in [3.05, 3.63) is 30.1 Å². The van der Waals surface area contributed by atoms with Crippen LogP contribution < -0.4 is 11.1 Å². The molecule has 0 bridgehead atoms. The second-order valence-electron chi connectivity index (χ2n) is 4.43. The molecule has 2 rings (SSSR count). The molecule has 2 aromatic rings. The molecule has 0 saturated carbocycles. The Labute approximate surface area is 110 Å². The maximum absolute atomic E-state index is 11.2. The lowest BCUT2D eigenvalue weighted by Gasteiger charge is -2.14. The minimum atomic E-state index is -0.445. The van der Waals surface area contributed by atoms with Gasteiger partial charge in [-0.25, -0.2) is 4.98 Å². The first-order valence-corrected chi connectivity index (χ1v) is 5.99. The Kier molecular flexibility index (Phi) is 3.50. The largest absolute Gasteiger partial charge is 0.368 e. The van der Waals surface area contributed by atoms with Gasteiger partial charge in [0.15, 0.2) is 0 Å². The van der Waals surface area contributed by atoms with Crippen LogP contribution in [0.4, 0.5) is 0 Å². The van der Waals surface area contributed by atoms with Gasteiger partial charge >= 0.3 is 0 Å². The highest BCUT2D eigenvalue weighted by Crippen LogP contribution is 2.20. The van der Waals surface area contributed by atoms with Gasteiger partial charge in [-0.3, -0.25) is 9.59 Å². The molecule has 1 aromatic carbocycles. The van der Waals surface area contributed by atoms with Crippen LogP contribution in [0.15, 0.2) is 24.3 Å². The molecule has 0 saturated heterocycles. The molecule has 0 aliphatic rings. The van der Waals surface area contributed by atoms with Gasteiger partial charge in [-0.05, 0) is 19.1 Å². The fourth-order valence-electron chi connectivity index (χ4n) is 2.12. The van der Waals surface area contributed by atoms with Gasteiger partial charge < -0.3 is 15.6 Å². The van der Waals surface area contributed by atoms with Crippen LogP contribution in [0.2, 0.25) is 0 Å². The number of aromatic nitrogens is 2. The minimum Gasteiger partial charge on any atom is -0.368 e. The number of carbonyl (C=O) groups is 2. The molecule has 1 aromatic heterocycles. The average molecular weight is 260 g/mol. The number of fused-ring (bicyclic) bond motifs is 1. The minimum absolute atomic E-state index is 0.0414. The van der Waals surface area contributed by atoms with Crippen molar-refractivity contribution in [1.29, 1.82) is 0 Å². The van der Waals surface area contributed by atoms with Crippen molar-refractivity contribution in [2.45, 2.75) is 26.4 Å². The first-order chi connectivity index (χ1) is 8.99. The Bertz CT molecular complexity index is 633. The summed E-state index contributed by atoms with van der Waals surface area (Å²) in [7, 11) is 0. The van der Waals surface area contributed by atoms with E-state index in [0.717, 1.165) is 11.0 Å². The number of benzene rings is 1. The molecule has 6 nitrogen and oxygen atoms in total. The number of amides is 2. The van der Waals surface area contributed by atoms with Gasteiger partial charge in [-0.15, -0.1) is 0 Å². The first-order valence-electron chi connectivity index (χ1n) is 5.99. The third-order valence-electron chi connectivity index (χ3n) is 2.81. The Morgan fingerprint density at radius 2 is 2.11 bits per heavy atom. The quantitative estimate of drug-likeness (QED) is 0.848. The number of carbonyl (C=O) groups excluding carboxylic acids is 2. The standard InChI is InChI=1S/C13H16N4O2/c1-8(15-9(2)18)13-16-10-5-3-4-6-11(10)17(13)7-12(14)19/h3-6,8H,7H2,1-2H3,(H2,14,19)(H,15,18)/t8-/m0/s1. The lowest BCUT2D eigenvalue weighted by Crippen LogP contribution is -2.28. The molecule has 6 heteroatoms. The van der Waals surface area contributed by atoms with Gasteiger partial charge in [0, 0.05) is 6.92 Å². The molecule has 1 heterocycles. The molecular weight excluding hydrogens is 244 g/mol. The molecule has 0 spiro atoms. The lowest BCUT2D eigenvalue weighted by atomic mass is 10.3. The lowest BCUT2D eigenvalue weighted by molar-refractivity contribution is -0.119. The number of hydrogen-bond donors (Lipinski definition) is 2. The zero-order valence-electron chi connectivity index (χ0n) is 10.9. The Morgan fingerprint density at radius 3 is 2.74 bits per heavy atom. The van der Waals surface area contributed by atoms with Gasteiger partial charge in [0.1, 0.15) is 12.4 Å². The van der Waals surface area contributed by atoms with E-state index in [0.29, 0.717) is 5.82 Å². The molecule has 0 fully saturated rings. The van der Waals surface area contributed by atoms with E-state index in [2.05, 4.69) is 10.3 Å². The van der Waals surface area contributed by atoms with E-state index in [-0.39, 0.29) is 18.5 Å². The summed E-state index contributed by atoms with van der Waals surface area (Å²) in [6.07, 6.45) is 0. The number of imidazole rings is 1. The SMILES string of the molecule is CC(=O)N[C@@H](C)c1nc2ccccc2n1CC(N)=O. The van der Waals surface area contributed by atoms with Gasteiger partial charge in [0.05, 0.1) is 17.1 Å². The van der Waals surface area contributed by atoms with Crippen molar-refractivity contribution in [3.8, 4) is 0 Å². The number of nitrogens with two attached hydrogens (primary N) is 1. The van der Waals surface area contributed by atoms with Crippen molar-refractivity contribution in [2.75, 3.05) is 0 Å². The van der Waals surface area contributed by atoms with Crippen LogP contribution in [0, 0.1) is 0 Å². The zero-order valence-corrected chi connectivity index (χ0v) is 10.9. The third-order valence-corrected chi connectivity index (χ3v) is 2.81. The maximum atomic E-state index is 11.2. The fourth-order valence-corrected chi connectivity index (χ4v) is 2.12. The third kappa shape index (κ3) is 2.73. The normalized spacial score (nSPS) is 12.3. The van der Waals surface area contributed by atoms with Crippen LogP contribution in [0.3, 0.4) is 0 Å². The molecule has 0 radical (unpaired) electrons. The van der Waals surface area contributed by atoms with E-state index in [9.17, 15) is 9.59 Å². The topological polar surface area (TPSA) is 90.0 Å². The molecule has 3 N–H and O–H groups in total. The molecule has 0 unspecified atom stereocenters. The highest BCUT2D eigenvalue weighted by molar-refractivity contribution is 5.80. The van der Waals surface area contributed by atoms with Crippen LogP contribution in [0.1, 0.15) is 25.7 Å². The Hall–Kier alpha value is -2.37. The average Bonchev–Trinajstić information content (AvgIpc) is 2.67. The van der Waals surface area contributed by atoms with Crippen LogP contribution in [0.25, 0.3) is 11.0 Å². The van der Waals surface area contributed by atoms with E-state index in [1.807, 2.05) is 31.2 Å². The summed E-state index contributed by atoms with van der Waals surface area (Å²) in [5.74, 6) is 0.0276. The molecule has 0 aliphatic carbocycles. The van der Waals surface area contributed by atoms with Crippen molar-refractivity contribution in [2.24, 2.45) is 5.73 Å². The predicted octanol–water partition coefficient (Wildman–Crippen LogP) is 0.719. The Morgan fingerprint density at radius 1 is 1.42 bits per heavy atom. The molecule has 1 atom stereocenters. The zero-order chi connectivity index (χ0) is 14.0. The summed E-state index contributed by atoms with van der Waals surface area (Å²) < 4.78 is 1.73. The highest BCUT2D eigenvalue weighted by atomic mass is 16.1. The van der Waals surface area contributed by atoms with E-state index in [1.165, 1.54) is 6.92 Å². The smallest absolute Gasteiger partial charge is 0.237 e. The number of nitrogens with one attached hydrogen (secondary N) is 1. The summed E-state index contributed by atoms with van der Waals surface area (Å²) >= 11 is 0. The second-order valence-corrected chi connectivity index (χ2v) is 4.43. The molecule has 2 amide bonds. The molecule has 19 heavy (non-hydrogen) atoms. The van der Waals surface area contributed by atoms with E-state index < -0.39 is 5.91 Å². The Balaban J connectivity index is 2.51. The number of nitrogens with zero attached hydrogens (tertiary/aromatic N) is 2. The van der Waals surface area contributed by atoms with Crippen LogP contribution in [-0.4, -0.2) is 21.4 Å². The van der Waals surface area contributed by atoms with E-state index in [4.69, 9.17) is 5.73 Å². The van der Waals surface area contributed by atoms with Crippen LogP contribution in [-0.2, 0) is 16.1 Å². The summed E-state index contributed by atoms with van der Waals surface area (Å²) in [5, 5.41) is 2.76. The number of primary amides is 1. The number of rotatable bonds is 4. The summed E-state index contributed by atoms with van der Waals surface area (Å²) in [4.78, 5) is 26.8. The van der Waals surface area contributed by atoms with Gasteiger partial charge in [-0.1, -0.05) is 12.1 Å². The van der Waals surface area contributed by atoms with Crippen LogP contribution in [0.5, 0.6) is 0 Å². The number of hydrogen-bond acceptors (Lipinski definition) is 3. The van der Waals surface area contributed by atoms with Gasteiger partial charge in [0.25, 0.3) is 0 Å². The van der Waals surface area contributed by atoms with Gasteiger partial charge in [-0.2, -0.15) is 0 Å². The van der Waals surface area contributed by atoms with E-state index in [1.54, 1.807) is 4.57 Å². The number of para-hydroxylation sites is 2. The summed E-state index contributed by atoms with van der Waals surface area (Å²) in [5.41, 5.74) is 6.87. The van der Waals surface area contributed by atoms with Crippen molar-refractivity contribution >= 4 is 22.8 Å². The second kappa shape index (κ2) is 5.09. The van der Waals surface area contributed by atoms with Gasteiger partial charge in [0.2, 0.25) is 11.8 Å². The van der Waals surface area contributed by atoms with Crippen molar-refractivity contribution < 1.29 is 9.59 Å². The van der Waals surface area contributed by atoms with Crippen molar-refractivity contribution in [3.63, 3.8) is 0 Å². The van der Waals surface area contributed by atoms with Crippen LogP contribution >= 0.6 is 0 Å². The molecule has 0 aliphatic heterocycles. The molecular formula is C13H16N4O2. The van der Waals surface area contributed by atoms with Crippen molar-refractivity contribution in [1.82, 2.24) is 14.9 Å². The summed E-state index contributed by atoms with van der Waals surface area (Å²) in [6.45, 7) is 3.30. The fraction of sp³-hybridized carbons (Fsp3) is 0.308. The maximum Gasteiger partial charge on any atom is 0.237 e. The molecule has 100 valence electrons. The van der Waals surface area contributed by atoms with E-state index >= 15 is 0 Å². The summed E-state index contributed by atoms with van der Waals surface area (Å²) in [6, 6.07) is 7.18. The monoisotopic (exact) mass is 260 g/mol. The predicted molar refractivity (Wildman–Crippen MR) is 71.2 cm³/mol.